The van der Waals surface area contributed by atoms with Crippen molar-refractivity contribution >= 4 is 5.91 Å². The summed E-state index contributed by atoms with van der Waals surface area (Å²) in [7, 11) is 0. The second kappa shape index (κ2) is 3.88. The number of nitrogens with one attached hydrogen (secondary N) is 1. The average molecular weight is 220 g/mol. The van der Waals surface area contributed by atoms with Crippen LogP contribution in [0, 0.1) is 29.6 Å². The zero-order chi connectivity index (χ0) is 11.1. The van der Waals surface area contributed by atoms with Crippen LogP contribution in [-0.2, 0) is 4.79 Å². The normalized spacial score (nSPS) is 45.2. The predicted molar refractivity (Wildman–Crippen MR) is 62.0 cm³/mol. The lowest BCUT2D eigenvalue weighted by Crippen LogP contribution is -2.44. The molecule has 4 bridgehead atoms. The highest BCUT2D eigenvalue weighted by Gasteiger charge is 2.47. The molecule has 0 unspecified atom stereocenters. The quantitative estimate of drug-likeness (QED) is 0.321. The Morgan fingerprint density at radius 3 is 2.12 bits per heavy atom. The zero-order valence-electron chi connectivity index (χ0n) is 9.56. The Labute approximate surface area is 96.4 Å². The van der Waals surface area contributed by atoms with Gasteiger partial charge in [-0.05, 0) is 61.7 Å². The minimum Gasteiger partial charge on any atom is -0.291 e. The van der Waals surface area contributed by atoms with Gasteiger partial charge in [0.25, 0.3) is 5.91 Å². The molecule has 3 nitrogen and oxygen atoms in total. The van der Waals surface area contributed by atoms with Gasteiger partial charge in [-0.25, -0.2) is 5.84 Å². The fourth-order valence-corrected chi connectivity index (χ4v) is 4.53. The maximum atomic E-state index is 11.1. The molecule has 3 heteroatoms. The van der Waals surface area contributed by atoms with Crippen LogP contribution >= 0.6 is 0 Å². The number of nitrogens with two attached hydrogens (primary N) is 1. The molecule has 0 aromatic heterocycles. The summed E-state index contributed by atoms with van der Waals surface area (Å²) in [6.45, 7) is 0. The zero-order valence-corrected chi connectivity index (χ0v) is 9.56. The summed E-state index contributed by atoms with van der Waals surface area (Å²) in [5, 5.41) is 0. The van der Waals surface area contributed by atoms with Crippen molar-refractivity contribution in [3.05, 3.63) is 12.2 Å². The summed E-state index contributed by atoms with van der Waals surface area (Å²) in [6, 6.07) is 0. The van der Waals surface area contributed by atoms with Crippen molar-refractivity contribution in [3.63, 3.8) is 0 Å². The van der Waals surface area contributed by atoms with Crippen LogP contribution in [0.25, 0.3) is 0 Å². The van der Waals surface area contributed by atoms with Crippen LogP contribution in [-0.4, -0.2) is 5.91 Å². The number of allylic oxidation sites excluding steroid dienone is 1. The second-order valence-electron chi connectivity index (χ2n) is 5.88. The Bertz CT molecular complexity index is 296. The number of carbonyl (C=O) groups is 1. The largest absolute Gasteiger partial charge is 0.291 e. The van der Waals surface area contributed by atoms with Crippen molar-refractivity contribution in [1.82, 2.24) is 5.43 Å². The maximum Gasteiger partial charge on any atom is 0.257 e. The average Bonchev–Trinajstić information content (AvgIpc) is 2.26. The highest BCUT2D eigenvalue weighted by atomic mass is 16.2. The highest BCUT2D eigenvalue weighted by molar-refractivity contribution is 5.86. The lowest BCUT2D eigenvalue weighted by atomic mass is 9.52. The topological polar surface area (TPSA) is 55.1 Å². The number of hydrazine groups is 1. The van der Waals surface area contributed by atoms with E-state index in [0.717, 1.165) is 23.7 Å². The van der Waals surface area contributed by atoms with Crippen LogP contribution in [0.15, 0.2) is 12.2 Å². The van der Waals surface area contributed by atoms with E-state index in [2.05, 4.69) is 11.5 Å². The van der Waals surface area contributed by atoms with Crippen molar-refractivity contribution in [2.24, 2.45) is 35.4 Å². The van der Waals surface area contributed by atoms with E-state index in [4.69, 9.17) is 5.84 Å². The summed E-state index contributed by atoms with van der Waals surface area (Å²) in [5.41, 5.74) is 2.16. The molecular formula is C13H20N2O. The lowest BCUT2D eigenvalue weighted by Gasteiger charge is -2.53. The van der Waals surface area contributed by atoms with Crippen LogP contribution in [0.3, 0.4) is 0 Å². The third-order valence-electron chi connectivity index (χ3n) is 4.91. The SMILES string of the molecule is NNC(=O)/C=C/C1C2CC3CC(C2)CC1C3. The molecule has 4 fully saturated rings. The van der Waals surface area contributed by atoms with Gasteiger partial charge in [0.2, 0.25) is 0 Å². The fraction of sp³-hybridized carbons (Fsp3) is 0.769. The van der Waals surface area contributed by atoms with E-state index in [1.54, 1.807) is 6.08 Å². The smallest absolute Gasteiger partial charge is 0.257 e. The Balaban J connectivity index is 1.72. The van der Waals surface area contributed by atoms with Crippen LogP contribution < -0.4 is 11.3 Å². The lowest BCUT2D eigenvalue weighted by molar-refractivity contribution is -0.116. The number of amides is 1. The molecule has 3 N–H and O–H groups in total. The number of hydrogen-bond donors (Lipinski definition) is 2. The maximum absolute atomic E-state index is 11.1. The van der Waals surface area contributed by atoms with Crippen molar-refractivity contribution in [3.8, 4) is 0 Å². The highest BCUT2D eigenvalue weighted by Crippen LogP contribution is 2.56. The van der Waals surface area contributed by atoms with E-state index in [1.165, 1.54) is 32.1 Å². The molecule has 4 aliphatic rings. The first kappa shape index (κ1) is 10.3. The Kier molecular flexibility index (Phi) is 2.51. The molecule has 0 heterocycles. The Morgan fingerprint density at radius 2 is 1.62 bits per heavy atom. The standard InChI is InChI=1S/C13H20N2O/c14-15-13(16)2-1-12-10-4-8-3-9(6-10)7-11(12)5-8/h1-2,8-12H,3-7,14H2,(H,15,16)/b2-1+. The molecule has 0 saturated heterocycles. The van der Waals surface area contributed by atoms with Crippen LogP contribution in [0.5, 0.6) is 0 Å². The van der Waals surface area contributed by atoms with E-state index in [1.807, 2.05) is 0 Å². The van der Waals surface area contributed by atoms with Gasteiger partial charge >= 0.3 is 0 Å². The van der Waals surface area contributed by atoms with E-state index in [-0.39, 0.29) is 5.91 Å². The minimum atomic E-state index is -0.172. The molecule has 0 spiro atoms. The van der Waals surface area contributed by atoms with Gasteiger partial charge in [-0.15, -0.1) is 0 Å². The monoisotopic (exact) mass is 220 g/mol. The number of hydrogen-bond acceptors (Lipinski definition) is 2. The minimum absolute atomic E-state index is 0.172. The van der Waals surface area contributed by atoms with Crippen molar-refractivity contribution < 1.29 is 4.79 Å². The molecule has 16 heavy (non-hydrogen) atoms. The van der Waals surface area contributed by atoms with Gasteiger partial charge in [-0.1, -0.05) is 6.08 Å². The summed E-state index contributed by atoms with van der Waals surface area (Å²) in [5.74, 6) is 9.24. The molecule has 88 valence electrons. The molecule has 1 amide bonds. The van der Waals surface area contributed by atoms with E-state index in [9.17, 15) is 4.79 Å². The van der Waals surface area contributed by atoms with Gasteiger partial charge in [0, 0.05) is 6.08 Å². The second-order valence-corrected chi connectivity index (χ2v) is 5.88. The third-order valence-corrected chi connectivity index (χ3v) is 4.91. The molecule has 0 radical (unpaired) electrons. The molecule has 4 aliphatic carbocycles. The molecular weight excluding hydrogens is 200 g/mol. The van der Waals surface area contributed by atoms with Crippen LogP contribution in [0.1, 0.15) is 32.1 Å². The number of carbonyl (C=O) groups excluding carboxylic acids is 1. The Hall–Kier alpha value is -0.830. The van der Waals surface area contributed by atoms with Gasteiger partial charge in [0.15, 0.2) is 0 Å². The van der Waals surface area contributed by atoms with E-state index in [0.29, 0.717) is 5.92 Å². The van der Waals surface area contributed by atoms with Crippen LogP contribution in [0.4, 0.5) is 0 Å². The van der Waals surface area contributed by atoms with Gasteiger partial charge in [0.05, 0.1) is 0 Å². The van der Waals surface area contributed by atoms with Crippen molar-refractivity contribution in [2.45, 2.75) is 32.1 Å². The first-order valence-corrected chi connectivity index (χ1v) is 6.45. The molecule has 4 saturated carbocycles. The first-order valence-electron chi connectivity index (χ1n) is 6.45. The first-order chi connectivity index (χ1) is 7.76. The fourth-order valence-electron chi connectivity index (χ4n) is 4.53. The van der Waals surface area contributed by atoms with Crippen LogP contribution in [0.2, 0.25) is 0 Å². The summed E-state index contributed by atoms with van der Waals surface area (Å²) in [6.07, 6.45) is 10.8. The third kappa shape index (κ3) is 1.67. The van der Waals surface area contributed by atoms with Gasteiger partial charge in [0.1, 0.15) is 0 Å². The van der Waals surface area contributed by atoms with Gasteiger partial charge in [-0.3, -0.25) is 10.2 Å². The molecule has 0 aromatic rings. The Morgan fingerprint density at radius 1 is 1.06 bits per heavy atom. The van der Waals surface area contributed by atoms with E-state index < -0.39 is 0 Å². The number of rotatable bonds is 2. The van der Waals surface area contributed by atoms with Crippen molar-refractivity contribution in [1.29, 1.82) is 0 Å². The van der Waals surface area contributed by atoms with Gasteiger partial charge < -0.3 is 0 Å². The summed E-state index contributed by atoms with van der Waals surface area (Å²) < 4.78 is 0. The van der Waals surface area contributed by atoms with Gasteiger partial charge in [-0.2, -0.15) is 0 Å². The predicted octanol–water partition coefficient (Wildman–Crippen LogP) is 1.60. The summed E-state index contributed by atoms with van der Waals surface area (Å²) >= 11 is 0. The summed E-state index contributed by atoms with van der Waals surface area (Å²) in [4.78, 5) is 11.1. The molecule has 0 atom stereocenters. The van der Waals surface area contributed by atoms with E-state index >= 15 is 0 Å². The molecule has 4 rings (SSSR count). The molecule has 0 aromatic carbocycles. The molecule has 0 aliphatic heterocycles. The van der Waals surface area contributed by atoms with Crippen molar-refractivity contribution in [2.75, 3.05) is 0 Å².